The third-order valence-electron chi connectivity index (χ3n) is 5.63. The van der Waals surface area contributed by atoms with Gasteiger partial charge in [-0.15, -0.1) is 0 Å². The number of anilines is 1. The summed E-state index contributed by atoms with van der Waals surface area (Å²) in [6, 6.07) is 5.09. The molecule has 0 radical (unpaired) electrons. The van der Waals surface area contributed by atoms with Gasteiger partial charge in [-0.2, -0.15) is 4.98 Å². The van der Waals surface area contributed by atoms with Gasteiger partial charge in [0.1, 0.15) is 16.6 Å². The standard InChI is InChI=1S/C24H20ClN7O4S/c1-12-6-13(14-7-20(25)28-9-18(14)35-2)15(8-27-12)21(33)31-24-30-17-10-32(11-19(17)37-24)22(34)16-4-5-26-23(29-16)36-3/h4-9H,10-11H2,1-3H3,(H,30,31,33). The van der Waals surface area contributed by atoms with Crippen LogP contribution >= 0.6 is 22.9 Å². The number of amides is 2. The molecule has 0 aromatic carbocycles. The molecule has 37 heavy (non-hydrogen) atoms. The minimum Gasteiger partial charge on any atom is -0.494 e. The summed E-state index contributed by atoms with van der Waals surface area (Å²) in [7, 11) is 2.96. The second-order valence-corrected chi connectivity index (χ2v) is 9.48. The number of pyridine rings is 2. The van der Waals surface area contributed by atoms with Crippen molar-refractivity contribution in [1.82, 2.24) is 29.8 Å². The first kappa shape index (κ1) is 24.5. The second kappa shape index (κ2) is 10.1. The van der Waals surface area contributed by atoms with Gasteiger partial charge in [0.05, 0.1) is 49.6 Å². The van der Waals surface area contributed by atoms with E-state index in [0.29, 0.717) is 40.7 Å². The Morgan fingerprint density at radius 2 is 1.89 bits per heavy atom. The zero-order chi connectivity index (χ0) is 26.1. The summed E-state index contributed by atoms with van der Waals surface area (Å²) in [5.41, 5.74) is 3.24. The van der Waals surface area contributed by atoms with Gasteiger partial charge in [-0.3, -0.25) is 19.9 Å². The lowest BCUT2D eigenvalue weighted by atomic mass is 10.0. The summed E-state index contributed by atoms with van der Waals surface area (Å²) in [4.78, 5) is 49.6. The summed E-state index contributed by atoms with van der Waals surface area (Å²) in [6.45, 7) is 2.49. The number of methoxy groups -OCH3 is 2. The molecule has 0 bridgehead atoms. The molecule has 0 saturated carbocycles. The third-order valence-corrected chi connectivity index (χ3v) is 6.83. The molecule has 0 fully saturated rings. The summed E-state index contributed by atoms with van der Waals surface area (Å²) in [5, 5.41) is 3.56. The van der Waals surface area contributed by atoms with Crippen LogP contribution in [0, 0.1) is 6.92 Å². The molecule has 0 saturated heterocycles. The van der Waals surface area contributed by atoms with Crippen molar-refractivity contribution in [3.05, 3.63) is 69.5 Å². The Hall–Kier alpha value is -4.16. The number of carbonyl (C=O) groups is 2. The number of aromatic nitrogens is 5. The number of halogens is 1. The molecule has 0 unspecified atom stereocenters. The van der Waals surface area contributed by atoms with E-state index in [-0.39, 0.29) is 28.7 Å². The molecule has 1 aliphatic rings. The van der Waals surface area contributed by atoms with E-state index in [1.54, 1.807) is 17.0 Å². The number of aryl methyl sites for hydroxylation is 1. The zero-order valence-corrected chi connectivity index (χ0v) is 21.6. The maximum atomic E-state index is 13.3. The monoisotopic (exact) mass is 537 g/mol. The van der Waals surface area contributed by atoms with Crippen molar-refractivity contribution in [2.24, 2.45) is 0 Å². The largest absolute Gasteiger partial charge is 0.494 e. The summed E-state index contributed by atoms with van der Waals surface area (Å²) in [6.07, 6.45) is 4.48. The van der Waals surface area contributed by atoms with E-state index < -0.39 is 0 Å². The summed E-state index contributed by atoms with van der Waals surface area (Å²) < 4.78 is 10.4. The van der Waals surface area contributed by atoms with E-state index in [9.17, 15) is 9.59 Å². The van der Waals surface area contributed by atoms with Gasteiger partial charge in [-0.1, -0.05) is 22.9 Å². The molecule has 1 N–H and O–H groups in total. The van der Waals surface area contributed by atoms with Crippen molar-refractivity contribution in [1.29, 1.82) is 0 Å². The number of hydrogen-bond acceptors (Lipinski definition) is 10. The van der Waals surface area contributed by atoms with Crippen molar-refractivity contribution in [2.75, 3.05) is 19.5 Å². The van der Waals surface area contributed by atoms with E-state index in [1.807, 2.05) is 6.92 Å². The number of carbonyl (C=O) groups excluding carboxylic acids is 2. The van der Waals surface area contributed by atoms with Crippen LogP contribution in [0.15, 0.2) is 36.8 Å². The molecule has 4 aromatic heterocycles. The maximum absolute atomic E-state index is 13.3. The molecule has 0 spiro atoms. The Morgan fingerprint density at radius 3 is 2.65 bits per heavy atom. The molecule has 0 aliphatic carbocycles. The third kappa shape index (κ3) is 4.93. The number of thiazole rings is 1. The number of hydrogen-bond donors (Lipinski definition) is 1. The molecule has 11 nitrogen and oxygen atoms in total. The first-order valence-corrected chi connectivity index (χ1v) is 12.2. The first-order chi connectivity index (χ1) is 17.9. The van der Waals surface area contributed by atoms with E-state index in [1.165, 1.54) is 50.2 Å². The molecule has 1 aliphatic heterocycles. The smallest absolute Gasteiger partial charge is 0.316 e. The van der Waals surface area contributed by atoms with E-state index in [4.69, 9.17) is 21.1 Å². The number of nitrogens with zero attached hydrogens (tertiary/aromatic N) is 6. The molecule has 13 heteroatoms. The van der Waals surface area contributed by atoms with Crippen molar-refractivity contribution in [3.8, 4) is 22.9 Å². The lowest BCUT2D eigenvalue weighted by Crippen LogP contribution is -2.26. The van der Waals surface area contributed by atoms with E-state index >= 15 is 0 Å². The minimum atomic E-state index is -0.383. The molecule has 5 rings (SSSR count). The number of ether oxygens (including phenoxy) is 2. The maximum Gasteiger partial charge on any atom is 0.316 e. The van der Waals surface area contributed by atoms with Crippen LogP contribution in [0.3, 0.4) is 0 Å². The highest BCUT2D eigenvalue weighted by Gasteiger charge is 2.29. The zero-order valence-electron chi connectivity index (χ0n) is 20.0. The van der Waals surface area contributed by atoms with E-state index in [0.717, 1.165) is 16.3 Å². The van der Waals surface area contributed by atoms with Crippen LogP contribution in [0.5, 0.6) is 11.8 Å². The molecular weight excluding hydrogens is 518 g/mol. The van der Waals surface area contributed by atoms with Crippen LogP contribution in [0.1, 0.15) is 37.1 Å². The van der Waals surface area contributed by atoms with Crippen LogP contribution in [-0.4, -0.2) is 55.9 Å². The number of rotatable bonds is 6. The fourth-order valence-corrected chi connectivity index (χ4v) is 5.02. The quantitative estimate of drug-likeness (QED) is 0.365. The highest BCUT2D eigenvalue weighted by atomic mass is 35.5. The van der Waals surface area contributed by atoms with Crippen molar-refractivity contribution >= 4 is 39.9 Å². The van der Waals surface area contributed by atoms with Crippen molar-refractivity contribution in [3.63, 3.8) is 0 Å². The lowest BCUT2D eigenvalue weighted by Gasteiger charge is -2.15. The predicted octanol–water partition coefficient (Wildman–Crippen LogP) is 3.78. The molecule has 2 amide bonds. The van der Waals surface area contributed by atoms with E-state index in [2.05, 4.69) is 30.2 Å². The molecular formula is C24H20ClN7O4S. The van der Waals surface area contributed by atoms with Gasteiger partial charge in [-0.25, -0.2) is 15.0 Å². The highest BCUT2D eigenvalue weighted by Crippen LogP contribution is 2.35. The highest BCUT2D eigenvalue weighted by molar-refractivity contribution is 7.16. The van der Waals surface area contributed by atoms with Gasteiger partial charge in [0.15, 0.2) is 5.13 Å². The summed E-state index contributed by atoms with van der Waals surface area (Å²) >= 11 is 7.44. The first-order valence-electron chi connectivity index (χ1n) is 11.0. The SMILES string of the molecule is COc1nccc(C(=O)N2Cc3nc(NC(=O)c4cnc(C)cc4-c4cc(Cl)ncc4OC)sc3C2)n1. The van der Waals surface area contributed by atoms with Gasteiger partial charge in [0.25, 0.3) is 11.8 Å². The Bertz CT molecular complexity index is 1500. The average molecular weight is 538 g/mol. The lowest BCUT2D eigenvalue weighted by molar-refractivity contribution is 0.0743. The van der Waals surface area contributed by atoms with Crippen LogP contribution in [0.25, 0.3) is 11.1 Å². The fourth-order valence-electron chi connectivity index (χ4n) is 3.88. The Morgan fingerprint density at radius 1 is 1.05 bits per heavy atom. The molecule has 188 valence electrons. The molecule has 0 atom stereocenters. The predicted molar refractivity (Wildman–Crippen MR) is 136 cm³/mol. The topological polar surface area (TPSA) is 132 Å². The Balaban J connectivity index is 1.35. The number of nitrogens with one attached hydrogen (secondary N) is 1. The van der Waals surface area contributed by atoms with Gasteiger partial charge < -0.3 is 14.4 Å². The van der Waals surface area contributed by atoms with Gasteiger partial charge in [0, 0.05) is 29.2 Å². The van der Waals surface area contributed by atoms with Crippen LogP contribution in [-0.2, 0) is 13.1 Å². The van der Waals surface area contributed by atoms with Gasteiger partial charge >= 0.3 is 6.01 Å². The van der Waals surface area contributed by atoms with Gasteiger partial charge in [-0.05, 0) is 25.1 Å². The molecule has 4 aromatic rings. The average Bonchev–Trinajstić information content (AvgIpc) is 3.47. The van der Waals surface area contributed by atoms with Crippen LogP contribution < -0.4 is 14.8 Å². The van der Waals surface area contributed by atoms with Crippen molar-refractivity contribution in [2.45, 2.75) is 20.0 Å². The van der Waals surface area contributed by atoms with Gasteiger partial charge in [0.2, 0.25) is 0 Å². The number of fused-ring (bicyclic) bond motifs is 1. The minimum absolute atomic E-state index is 0.125. The van der Waals surface area contributed by atoms with Crippen molar-refractivity contribution < 1.29 is 19.1 Å². The Kier molecular flexibility index (Phi) is 6.68. The van der Waals surface area contributed by atoms with Crippen LogP contribution in [0.2, 0.25) is 5.15 Å². The Labute approximate surface area is 220 Å². The normalized spacial score (nSPS) is 12.3. The second-order valence-electron chi connectivity index (χ2n) is 8.01. The summed E-state index contributed by atoms with van der Waals surface area (Å²) in [5.74, 6) is -0.161. The fraction of sp³-hybridized carbons (Fsp3) is 0.208. The molecule has 5 heterocycles. The van der Waals surface area contributed by atoms with Crippen LogP contribution in [0.4, 0.5) is 5.13 Å².